The van der Waals surface area contributed by atoms with E-state index in [1.54, 1.807) is 41.4 Å². The highest BCUT2D eigenvalue weighted by atomic mass is 16.2. The van der Waals surface area contributed by atoms with Crippen LogP contribution in [0.15, 0.2) is 53.6 Å². The van der Waals surface area contributed by atoms with E-state index in [1.807, 2.05) is 30.5 Å². The second kappa shape index (κ2) is 12.2. The quantitative estimate of drug-likeness (QED) is 0.210. The first kappa shape index (κ1) is 34.0. The minimum absolute atomic E-state index is 0.0288. The summed E-state index contributed by atoms with van der Waals surface area (Å²) in [5, 5.41) is 6.57. The van der Waals surface area contributed by atoms with Crippen molar-refractivity contribution in [2.45, 2.75) is 81.7 Å². The van der Waals surface area contributed by atoms with Crippen molar-refractivity contribution in [3.63, 3.8) is 0 Å². The van der Waals surface area contributed by atoms with Crippen molar-refractivity contribution in [1.29, 1.82) is 0 Å². The van der Waals surface area contributed by atoms with Gasteiger partial charge in [0.05, 0.1) is 22.9 Å². The number of carbonyl (C=O) groups excluding carboxylic acids is 3. The van der Waals surface area contributed by atoms with Crippen molar-refractivity contribution >= 4 is 57.2 Å². The molecule has 1 aromatic carbocycles. The highest BCUT2D eigenvalue weighted by Gasteiger charge is 2.85. The third kappa shape index (κ3) is 5.16. The van der Waals surface area contributed by atoms with Gasteiger partial charge in [0.25, 0.3) is 5.91 Å². The largest absolute Gasteiger partial charge is 0.370 e. The molecule has 3 saturated carbocycles. The number of nitrogens with one attached hydrogen (secondary N) is 2. The van der Waals surface area contributed by atoms with Crippen LogP contribution in [0.1, 0.15) is 92.3 Å². The van der Waals surface area contributed by atoms with Gasteiger partial charge in [-0.3, -0.25) is 28.8 Å². The van der Waals surface area contributed by atoms with Gasteiger partial charge in [0.15, 0.2) is 0 Å². The van der Waals surface area contributed by atoms with Crippen LogP contribution < -0.4 is 21.2 Å². The molecule has 2 N–H and O–H groups in total. The van der Waals surface area contributed by atoms with Crippen molar-refractivity contribution in [2.24, 2.45) is 18.4 Å². The highest BCUT2D eigenvalue weighted by molar-refractivity contribution is 6.00. The predicted octanol–water partition coefficient (Wildman–Crippen LogP) is 4.97. The molecule has 1 atom stereocenters. The summed E-state index contributed by atoms with van der Waals surface area (Å²) in [7, 11) is 5.36. The number of carbonyl (C=O) groups is 3. The van der Waals surface area contributed by atoms with Crippen molar-refractivity contribution in [1.82, 2.24) is 38.9 Å². The van der Waals surface area contributed by atoms with Crippen molar-refractivity contribution in [3.8, 4) is 0 Å². The Balaban J connectivity index is 0.819. The normalized spacial score (nSPS) is 25.4. The van der Waals surface area contributed by atoms with Gasteiger partial charge in [0.1, 0.15) is 23.2 Å². The number of hydrogen-bond donors (Lipinski definition) is 2. The fourth-order valence-electron chi connectivity index (χ4n) is 10.6. The number of para-hydroxylation sites is 1. The average molecular weight is 743 g/mol. The Morgan fingerprint density at radius 1 is 0.945 bits per heavy atom. The standard InChI is InChI=1S/C41H46N10O4/c1-47(2)37(54)31-19-24-20-43-38(46-35(24)50(31)26-7-4-5-8-26)44-32-13-11-27(21-42-32)49-17-15-25(16-18-49)40-22-41(40,23-40)28-9-6-10-29-34(28)48(3)39(55)51(29)30-12-14-33(52)45-36(30)53/h6,9-11,13,19-21,25-26,30H,4-5,7-8,12,14-18,22-23H2,1-3H3,(H,45,52,53)(H,42,43,44,46)/t30-,40?,41?/m0/s1. The van der Waals surface area contributed by atoms with E-state index in [-0.39, 0.29) is 40.8 Å². The molecule has 0 radical (unpaired) electrons. The Bertz CT molecular complexity index is 2460. The Kier molecular flexibility index (Phi) is 7.56. The first-order valence-corrected chi connectivity index (χ1v) is 19.7. The average Bonchev–Trinajstić information content (AvgIpc) is 3.73. The lowest BCUT2D eigenvalue weighted by molar-refractivity contribution is -0.135. The number of benzene rings is 1. The molecule has 5 aromatic rings. The van der Waals surface area contributed by atoms with Gasteiger partial charge in [-0.15, -0.1) is 0 Å². The number of rotatable bonds is 8. The van der Waals surface area contributed by atoms with Gasteiger partial charge in [-0.05, 0) is 86.1 Å². The number of nitrogens with zero attached hydrogens (tertiary/aromatic N) is 8. The number of aryl methyl sites for hydroxylation is 1. The second-order valence-corrected chi connectivity index (χ2v) is 16.7. The summed E-state index contributed by atoms with van der Waals surface area (Å²) in [6.07, 6.45) is 13.1. The fourth-order valence-corrected chi connectivity index (χ4v) is 10.6. The van der Waals surface area contributed by atoms with Gasteiger partial charge in [-0.25, -0.2) is 14.8 Å². The molecule has 2 saturated heterocycles. The molecule has 0 unspecified atom stereocenters. The van der Waals surface area contributed by atoms with E-state index in [9.17, 15) is 19.2 Å². The van der Waals surface area contributed by atoms with Crippen LogP contribution >= 0.6 is 0 Å². The maximum absolute atomic E-state index is 13.6. The number of imide groups is 1. The Labute approximate surface area is 317 Å². The number of aromatic nitrogens is 6. The lowest BCUT2D eigenvalue weighted by Gasteiger charge is -2.35. The van der Waals surface area contributed by atoms with E-state index >= 15 is 0 Å². The third-order valence-corrected chi connectivity index (χ3v) is 13.6. The molecular formula is C41H46N10O4. The van der Waals surface area contributed by atoms with Crippen LogP contribution in [-0.2, 0) is 22.1 Å². The fraction of sp³-hybridized carbons (Fsp3) is 0.488. The van der Waals surface area contributed by atoms with Crippen LogP contribution in [0.5, 0.6) is 0 Å². The van der Waals surface area contributed by atoms with Gasteiger partial charge in [0.2, 0.25) is 17.8 Å². The van der Waals surface area contributed by atoms with Crippen molar-refractivity contribution < 1.29 is 14.4 Å². The second-order valence-electron chi connectivity index (χ2n) is 16.7. The summed E-state index contributed by atoms with van der Waals surface area (Å²) in [4.78, 5) is 69.5. The lowest BCUT2D eigenvalue weighted by Crippen LogP contribution is -2.44. The summed E-state index contributed by atoms with van der Waals surface area (Å²) < 4.78 is 5.43. The summed E-state index contributed by atoms with van der Waals surface area (Å²) in [6.45, 7) is 1.91. The first-order chi connectivity index (χ1) is 26.6. The van der Waals surface area contributed by atoms with Gasteiger partial charge in [-0.2, -0.15) is 4.98 Å². The number of fused-ring (bicyclic) bond motifs is 3. The maximum atomic E-state index is 13.6. The number of hydrogen-bond acceptors (Lipinski definition) is 9. The maximum Gasteiger partial charge on any atom is 0.329 e. The van der Waals surface area contributed by atoms with Crippen molar-refractivity contribution in [2.75, 3.05) is 37.4 Å². The molecule has 14 heteroatoms. The summed E-state index contributed by atoms with van der Waals surface area (Å²) in [6, 6.07) is 11.7. The molecule has 55 heavy (non-hydrogen) atoms. The SMILES string of the molecule is CN(C)C(=O)c1cc2cnc(Nc3ccc(N4CCC(C56CC5(c5cccc7c5n(C)c(=O)n7[C@H]5CCC(=O)NC5=O)C6)CC4)cn3)nc2n1C1CCCC1. The molecule has 0 bridgehead atoms. The molecule has 284 valence electrons. The summed E-state index contributed by atoms with van der Waals surface area (Å²) >= 11 is 0. The topological polar surface area (TPSA) is 152 Å². The van der Waals surface area contributed by atoms with E-state index in [0.717, 1.165) is 92.2 Å². The van der Waals surface area contributed by atoms with Crippen LogP contribution in [0.2, 0.25) is 0 Å². The van der Waals surface area contributed by atoms with E-state index in [4.69, 9.17) is 9.97 Å². The minimum atomic E-state index is -0.680. The predicted molar refractivity (Wildman–Crippen MR) is 207 cm³/mol. The Hall–Kier alpha value is -5.53. The molecule has 6 heterocycles. The zero-order valence-electron chi connectivity index (χ0n) is 31.5. The van der Waals surface area contributed by atoms with Crippen LogP contribution in [0.25, 0.3) is 22.1 Å². The third-order valence-electron chi connectivity index (χ3n) is 13.6. The number of pyridine rings is 1. The molecule has 0 spiro atoms. The molecule has 3 aliphatic carbocycles. The zero-order chi connectivity index (χ0) is 37.8. The van der Waals surface area contributed by atoms with E-state index in [0.29, 0.717) is 29.8 Å². The monoisotopic (exact) mass is 742 g/mol. The molecule has 2 aliphatic heterocycles. The van der Waals surface area contributed by atoms with Crippen molar-refractivity contribution in [3.05, 3.63) is 70.5 Å². The minimum Gasteiger partial charge on any atom is -0.370 e. The van der Waals surface area contributed by atoms with Gasteiger partial charge >= 0.3 is 5.69 Å². The van der Waals surface area contributed by atoms with Crippen LogP contribution in [-0.4, -0.2) is 78.5 Å². The van der Waals surface area contributed by atoms with E-state index in [2.05, 4.69) is 37.2 Å². The molecule has 3 amide bonds. The Morgan fingerprint density at radius 3 is 2.44 bits per heavy atom. The molecule has 5 aliphatic rings. The Morgan fingerprint density at radius 2 is 1.73 bits per heavy atom. The highest BCUT2D eigenvalue weighted by Crippen LogP contribution is 2.90. The smallest absolute Gasteiger partial charge is 0.329 e. The molecular weight excluding hydrogens is 697 g/mol. The molecule has 14 nitrogen and oxygen atoms in total. The van der Waals surface area contributed by atoms with Crippen LogP contribution in [0.4, 0.5) is 17.5 Å². The lowest BCUT2D eigenvalue weighted by atomic mass is 9.86. The summed E-state index contributed by atoms with van der Waals surface area (Å²) in [5.41, 5.74) is 5.59. The number of piperidine rings is 2. The van der Waals surface area contributed by atoms with Crippen LogP contribution in [0.3, 0.4) is 0 Å². The number of anilines is 3. The van der Waals surface area contributed by atoms with Crippen LogP contribution in [0, 0.1) is 11.3 Å². The zero-order valence-corrected chi connectivity index (χ0v) is 31.5. The summed E-state index contributed by atoms with van der Waals surface area (Å²) in [5.74, 6) is 1.00. The molecule has 10 rings (SSSR count). The van der Waals surface area contributed by atoms with Gasteiger partial charge in [-0.1, -0.05) is 25.0 Å². The van der Waals surface area contributed by atoms with Gasteiger partial charge < -0.3 is 19.7 Å². The van der Waals surface area contributed by atoms with Gasteiger partial charge in [0, 0.05) is 63.7 Å². The van der Waals surface area contributed by atoms with E-state index < -0.39 is 11.9 Å². The first-order valence-electron chi connectivity index (χ1n) is 19.7. The van der Waals surface area contributed by atoms with E-state index in [1.165, 1.54) is 5.56 Å². The number of amides is 3. The molecule has 5 fully saturated rings. The number of imidazole rings is 1. The molecule has 4 aromatic heterocycles.